The first-order valence-electron chi connectivity index (χ1n) is 5.73. The molecule has 1 aromatic heterocycles. The first-order chi connectivity index (χ1) is 7.33. The second-order valence-electron chi connectivity index (χ2n) is 4.72. The molecular formula is C11H18ClN3S. The highest BCUT2D eigenvalue weighted by atomic mass is 35.5. The summed E-state index contributed by atoms with van der Waals surface area (Å²) < 4.78 is 0. The lowest BCUT2D eigenvalue weighted by atomic mass is 10.2. The Hall–Kier alpha value is -0.160. The Kier molecular flexibility index (Phi) is 3.85. The quantitative estimate of drug-likeness (QED) is 0.903. The molecular weight excluding hydrogens is 242 g/mol. The third kappa shape index (κ3) is 2.56. The van der Waals surface area contributed by atoms with Crippen molar-refractivity contribution in [2.75, 3.05) is 13.1 Å². The van der Waals surface area contributed by atoms with E-state index < -0.39 is 0 Å². The second-order valence-corrected chi connectivity index (χ2v) is 5.66. The van der Waals surface area contributed by atoms with Gasteiger partial charge in [0.25, 0.3) is 0 Å². The van der Waals surface area contributed by atoms with Gasteiger partial charge < -0.3 is 5.73 Å². The topological polar surface area (TPSA) is 42.1 Å². The minimum atomic E-state index is 0. The molecule has 3 nitrogen and oxygen atoms in total. The summed E-state index contributed by atoms with van der Waals surface area (Å²) in [5.74, 6) is 0.780. The van der Waals surface area contributed by atoms with Crippen LogP contribution in [0.15, 0.2) is 5.51 Å². The van der Waals surface area contributed by atoms with Gasteiger partial charge in [-0.1, -0.05) is 0 Å². The molecule has 0 spiro atoms. The molecule has 2 aliphatic rings. The maximum atomic E-state index is 5.91. The highest BCUT2D eigenvalue weighted by molar-refractivity contribution is 7.09. The number of rotatable bonds is 3. The van der Waals surface area contributed by atoms with Crippen molar-refractivity contribution in [2.45, 2.75) is 37.8 Å². The molecule has 0 bridgehead atoms. The molecule has 1 saturated heterocycles. The summed E-state index contributed by atoms with van der Waals surface area (Å²) in [6.45, 7) is 3.29. The Balaban J connectivity index is 0.000000963. The highest BCUT2D eigenvalue weighted by Crippen LogP contribution is 2.42. The van der Waals surface area contributed by atoms with Crippen molar-refractivity contribution in [1.82, 2.24) is 9.88 Å². The van der Waals surface area contributed by atoms with Crippen molar-refractivity contribution in [2.24, 2.45) is 5.73 Å². The fourth-order valence-electron chi connectivity index (χ4n) is 2.30. The zero-order valence-electron chi connectivity index (χ0n) is 9.26. The van der Waals surface area contributed by atoms with E-state index in [0.717, 1.165) is 32.0 Å². The number of halogens is 1. The molecule has 16 heavy (non-hydrogen) atoms. The monoisotopic (exact) mass is 259 g/mol. The molecule has 5 heteroatoms. The first kappa shape index (κ1) is 12.3. The SMILES string of the molecule is Cl.NC1CCN(Cc2scnc2C2CC2)C1. The van der Waals surface area contributed by atoms with Crippen LogP contribution < -0.4 is 5.73 Å². The number of nitrogens with two attached hydrogens (primary N) is 1. The first-order valence-corrected chi connectivity index (χ1v) is 6.61. The van der Waals surface area contributed by atoms with Crippen LogP contribution in [0.5, 0.6) is 0 Å². The van der Waals surface area contributed by atoms with Gasteiger partial charge in [0.05, 0.1) is 11.2 Å². The van der Waals surface area contributed by atoms with Gasteiger partial charge in [-0.3, -0.25) is 4.90 Å². The molecule has 1 saturated carbocycles. The number of thiazole rings is 1. The standard InChI is InChI=1S/C11H17N3S.ClH/c12-9-3-4-14(5-9)6-10-11(8-1-2-8)13-7-15-10;/h7-9H,1-6,12H2;1H. The number of nitrogens with zero attached hydrogens (tertiary/aromatic N) is 2. The normalized spacial score (nSPS) is 25.7. The fraction of sp³-hybridized carbons (Fsp3) is 0.727. The van der Waals surface area contributed by atoms with Crippen LogP contribution in [0.3, 0.4) is 0 Å². The largest absolute Gasteiger partial charge is 0.326 e. The van der Waals surface area contributed by atoms with Gasteiger partial charge in [-0.15, -0.1) is 23.7 Å². The van der Waals surface area contributed by atoms with E-state index in [1.807, 2.05) is 16.8 Å². The van der Waals surface area contributed by atoms with E-state index in [-0.39, 0.29) is 12.4 Å². The van der Waals surface area contributed by atoms with Crippen molar-refractivity contribution in [3.05, 3.63) is 16.1 Å². The van der Waals surface area contributed by atoms with E-state index in [2.05, 4.69) is 9.88 Å². The predicted molar refractivity (Wildman–Crippen MR) is 69.2 cm³/mol. The molecule has 90 valence electrons. The van der Waals surface area contributed by atoms with Gasteiger partial charge in [-0.2, -0.15) is 0 Å². The molecule has 0 aromatic carbocycles. The molecule has 1 aliphatic heterocycles. The van der Waals surface area contributed by atoms with Crippen molar-refractivity contribution >= 4 is 23.7 Å². The summed E-state index contributed by atoms with van der Waals surface area (Å²) in [6.07, 6.45) is 3.84. The maximum absolute atomic E-state index is 5.91. The number of hydrogen-bond donors (Lipinski definition) is 1. The van der Waals surface area contributed by atoms with Gasteiger partial charge >= 0.3 is 0 Å². The molecule has 1 aliphatic carbocycles. The molecule has 0 radical (unpaired) electrons. The van der Waals surface area contributed by atoms with E-state index >= 15 is 0 Å². The van der Waals surface area contributed by atoms with Crippen LogP contribution >= 0.6 is 23.7 Å². The molecule has 1 aromatic rings. The summed E-state index contributed by atoms with van der Waals surface area (Å²) in [7, 11) is 0. The summed E-state index contributed by atoms with van der Waals surface area (Å²) in [5.41, 5.74) is 9.28. The van der Waals surface area contributed by atoms with Crippen molar-refractivity contribution in [3.8, 4) is 0 Å². The second kappa shape index (κ2) is 5.00. The van der Waals surface area contributed by atoms with Crippen LogP contribution in [0.4, 0.5) is 0 Å². The lowest BCUT2D eigenvalue weighted by molar-refractivity contribution is 0.328. The third-order valence-corrected chi connectivity index (χ3v) is 4.15. The van der Waals surface area contributed by atoms with Crippen LogP contribution in [0.25, 0.3) is 0 Å². The summed E-state index contributed by atoms with van der Waals surface area (Å²) in [5, 5.41) is 0. The number of hydrogen-bond acceptors (Lipinski definition) is 4. The van der Waals surface area contributed by atoms with Crippen molar-refractivity contribution < 1.29 is 0 Å². The Morgan fingerprint density at radius 3 is 2.88 bits per heavy atom. The van der Waals surface area contributed by atoms with Gasteiger partial charge in [0.1, 0.15) is 0 Å². The van der Waals surface area contributed by atoms with Crippen LogP contribution in [0, 0.1) is 0 Å². The number of aromatic nitrogens is 1. The molecule has 2 N–H and O–H groups in total. The molecule has 2 fully saturated rings. The average molecular weight is 260 g/mol. The number of likely N-dealkylation sites (tertiary alicyclic amines) is 1. The Labute approximate surface area is 106 Å². The minimum Gasteiger partial charge on any atom is -0.326 e. The van der Waals surface area contributed by atoms with E-state index in [4.69, 9.17) is 5.73 Å². The summed E-state index contributed by atoms with van der Waals surface area (Å²) in [6, 6.07) is 0.391. The zero-order valence-corrected chi connectivity index (χ0v) is 10.9. The predicted octanol–water partition coefficient (Wildman–Crippen LogP) is 1.98. The lowest BCUT2D eigenvalue weighted by Gasteiger charge is -2.14. The highest BCUT2D eigenvalue weighted by Gasteiger charge is 2.29. The minimum absolute atomic E-state index is 0. The van der Waals surface area contributed by atoms with Crippen LogP contribution in [-0.2, 0) is 6.54 Å². The average Bonchev–Trinajstić information content (AvgIpc) is 2.83. The van der Waals surface area contributed by atoms with E-state index in [9.17, 15) is 0 Å². The van der Waals surface area contributed by atoms with Gasteiger partial charge in [-0.05, 0) is 19.3 Å². The fourth-order valence-corrected chi connectivity index (χ4v) is 3.19. The maximum Gasteiger partial charge on any atom is 0.0798 e. The molecule has 3 rings (SSSR count). The smallest absolute Gasteiger partial charge is 0.0798 e. The van der Waals surface area contributed by atoms with E-state index in [0.29, 0.717) is 6.04 Å². The van der Waals surface area contributed by atoms with E-state index in [1.165, 1.54) is 23.4 Å². The van der Waals surface area contributed by atoms with Crippen LogP contribution in [0.1, 0.15) is 35.8 Å². The van der Waals surface area contributed by atoms with Crippen molar-refractivity contribution in [1.29, 1.82) is 0 Å². The summed E-state index contributed by atoms with van der Waals surface area (Å²) in [4.78, 5) is 8.44. The molecule has 2 heterocycles. The Bertz CT molecular complexity index is 351. The van der Waals surface area contributed by atoms with Crippen LogP contribution in [0.2, 0.25) is 0 Å². The molecule has 0 amide bonds. The Morgan fingerprint density at radius 2 is 2.25 bits per heavy atom. The molecule has 1 unspecified atom stereocenters. The summed E-state index contributed by atoms with van der Waals surface area (Å²) >= 11 is 1.81. The van der Waals surface area contributed by atoms with E-state index in [1.54, 1.807) is 0 Å². The van der Waals surface area contributed by atoms with Gasteiger partial charge in [0.15, 0.2) is 0 Å². The molecule has 1 atom stereocenters. The van der Waals surface area contributed by atoms with Gasteiger partial charge in [0.2, 0.25) is 0 Å². The third-order valence-electron chi connectivity index (χ3n) is 3.31. The van der Waals surface area contributed by atoms with Gasteiger partial charge in [0, 0.05) is 36.5 Å². The van der Waals surface area contributed by atoms with Crippen molar-refractivity contribution in [3.63, 3.8) is 0 Å². The Morgan fingerprint density at radius 1 is 1.44 bits per heavy atom. The lowest BCUT2D eigenvalue weighted by Crippen LogP contribution is -2.26. The van der Waals surface area contributed by atoms with Crippen LogP contribution in [-0.4, -0.2) is 29.0 Å². The van der Waals surface area contributed by atoms with Gasteiger partial charge in [-0.25, -0.2) is 4.98 Å². The zero-order chi connectivity index (χ0) is 10.3.